The van der Waals surface area contributed by atoms with Gasteiger partial charge in [-0.05, 0) is 37.0 Å². The number of aromatic nitrogens is 1. The standard InChI is InChI=1S/C18H23N3O/c1-13(2)8-9-20-18(22)15-10-16(12-19-11-15)21-17-7-5-4-6-14(17)3/h4-7,10-13,21H,8-9H2,1-3H3,(H,20,22). The van der Waals surface area contributed by atoms with Crippen LogP contribution < -0.4 is 10.6 Å². The lowest BCUT2D eigenvalue weighted by molar-refractivity contribution is 0.0951. The topological polar surface area (TPSA) is 54.0 Å². The van der Waals surface area contributed by atoms with Crippen LogP contribution >= 0.6 is 0 Å². The first-order valence-electron chi connectivity index (χ1n) is 7.62. The molecule has 2 N–H and O–H groups in total. The van der Waals surface area contributed by atoms with E-state index in [1.54, 1.807) is 12.4 Å². The number of nitrogens with one attached hydrogen (secondary N) is 2. The van der Waals surface area contributed by atoms with Gasteiger partial charge in [0.2, 0.25) is 0 Å². The molecule has 4 heteroatoms. The molecule has 0 atom stereocenters. The van der Waals surface area contributed by atoms with Gasteiger partial charge in [-0.1, -0.05) is 32.0 Å². The molecule has 1 heterocycles. The highest BCUT2D eigenvalue weighted by Gasteiger charge is 2.07. The van der Waals surface area contributed by atoms with Crippen LogP contribution in [-0.4, -0.2) is 17.4 Å². The number of anilines is 2. The quantitative estimate of drug-likeness (QED) is 0.850. The third kappa shape index (κ3) is 4.58. The number of hydrogen-bond acceptors (Lipinski definition) is 3. The molecule has 1 aromatic carbocycles. The number of nitrogens with zero attached hydrogens (tertiary/aromatic N) is 1. The van der Waals surface area contributed by atoms with Gasteiger partial charge in [0, 0.05) is 18.4 Å². The van der Waals surface area contributed by atoms with Gasteiger partial charge in [0.1, 0.15) is 0 Å². The van der Waals surface area contributed by atoms with Gasteiger partial charge >= 0.3 is 0 Å². The first-order valence-corrected chi connectivity index (χ1v) is 7.62. The fourth-order valence-corrected chi connectivity index (χ4v) is 2.08. The molecule has 0 saturated carbocycles. The Morgan fingerprint density at radius 2 is 2.00 bits per heavy atom. The number of hydrogen-bond donors (Lipinski definition) is 2. The molecule has 22 heavy (non-hydrogen) atoms. The zero-order valence-electron chi connectivity index (χ0n) is 13.4. The molecule has 0 unspecified atom stereocenters. The number of benzene rings is 1. The molecule has 2 rings (SSSR count). The van der Waals surface area contributed by atoms with Crippen LogP contribution in [0.15, 0.2) is 42.7 Å². The van der Waals surface area contributed by atoms with Crippen molar-refractivity contribution >= 4 is 17.3 Å². The van der Waals surface area contributed by atoms with Gasteiger partial charge in [-0.2, -0.15) is 0 Å². The van der Waals surface area contributed by atoms with Crippen molar-refractivity contribution < 1.29 is 4.79 Å². The number of pyridine rings is 1. The minimum Gasteiger partial charge on any atom is -0.354 e. The summed E-state index contributed by atoms with van der Waals surface area (Å²) in [6.45, 7) is 7.01. The fourth-order valence-electron chi connectivity index (χ4n) is 2.08. The first kappa shape index (κ1) is 16.0. The Labute approximate surface area is 132 Å². The third-order valence-electron chi connectivity index (χ3n) is 3.43. The molecule has 0 aliphatic carbocycles. The van der Waals surface area contributed by atoms with Crippen LogP contribution in [-0.2, 0) is 0 Å². The number of amides is 1. The lowest BCUT2D eigenvalue weighted by atomic mass is 10.1. The van der Waals surface area contributed by atoms with E-state index in [9.17, 15) is 4.79 Å². The summed E-state index contributed by atoms with van der Waals surface area (Å²) in [4.78, 5) is 16.3. The molecule has 1 aromatic heterocycles. The van der Waals surface area contributed by atoms with Gasteiger partial charge in [-0.3, -0.25) is 9.78 Å². The van der Waals surface area contributed by atoms with Gasteiger partial charge in [0.05, 0.1) is 17.4 Å². The molecule has 4 nitrogen and oxygen atoms in total. The van der Waals surface area contributed by atoms with Crippen LogP contribution in [0, 0.1) is 12.8 Å². The van der Waals surface area contributed by atoms with Crippen molar-refractivity contribution in [2.45, 2.75) is 27.2 Å². The Kier molecular flexibility index (Phi) is 5.53. The Bertz CT molecular complexity index is 638. The summed E-state index contributed by atoms with van der Waals surface area (Å²) in [5.41, 5.74) is 3.55. The molecule has 0 spiro atoms. The molecule has 116 valence electrons. The van der Waals surface area contributed by atoms with E-state index in [2.05, 4.69) is 29.5 Å². The second-order valence-corrected chi connectivity index (χ2v) is 5.84. The molecule has 1 amide bonds. The van der Waals surface area contributed by atoms with Gasteiger partial charge in [0.25, 0.3) is 5.91 Å². The zero-order valence-corrected chi connectivity index (χ0v) is 13.4. The van der Waals surface area contributed by atoms with Crippen molar-refractivity contribution in [3.63, 3.8) is 0 Å². The number of carbonyl (C=O) groups is 1. The van der Waals surface area contributed by atoms with Crippen LogP contribution in [0.2, 0.25) is 0 Å². The lowest BCUT2D eigenvalue weighted by Crippen LogP contribution is -2.25. The summed E-state index contributed by atoms with van der Waals surface area (Å²) in [5.74, 6) is 0.495. The van der Waals surface area contributed by atoms with Crippen LogP contribution in [0.4, 0.5) is 11.4 Å². The van der Waals surface area contributed by atoms with Gasteiger partial charge in [0.15, 0.2) is 0 Å². The molecule has 0 aliphatic heterocycles. The van der Waals surface area contributed by atoms with Gasteiger partial charge in [-0.25, -0.2) is 0 Å². The molecule has 0 aliphatic rings. The molecule has 0 fully saturated rings. The van der Waals surface area contributed by atoms with E-state index in [4.69, 9.17) is 0 Å². The molecular weight excluding hydrogens is 274 g/mol. The SMILES string of the molecule is Cc1ccccc1Nc1cncc(C(=O)NCCC(C)C)c1. The molecule has 0 saturated heterocycles. The predicted octanol–water partition coefficient (Wildman–Crippen LogP) is 3.91. The van der Waals surface area contributed by atoms with Gasteiger partial charge < -0.3 is 10.6 Å². The summed E-state index contributed by atoms with van der Waals surface area (Å²) < 4.78 is 0. The van der Waals surface area contributed by atoms with E-state index in [1.807, 2.05) is 37.3 Å². The van der Waals surface area contributed by atoms with Crippen molar-refractivity contribution in [3.8, 4) is 0 Å². The smallest absolute Gasteiger partial charge is 0.252 e. The Hall–Kier alpha value is -2.36. The highest BCUT2D eigenvalue weighted by Crippen LogP contribution is 2.20. The maximum Gasteiger partial charge on any atom is 0.252 e. The van der Waals surface area contributed by atoms with Crippen molar-refractivity contribution in [3.05, 3.63) is 53.9 Å². The van der Waals surface area contributed by atoms with E-state index in [-0.39, 0.29) is 5.91 Å². The average molecular weight is 297 g/mol. The van der Waals surface area contributed by atoms with Crippen molar-refractivity contribution in [2.24, 2.45) is 5.92 Å². The fraction of sp³-hybridized carbons (Fsp3) is 0.333. The Morgan fingerprint density at radius 1 is 1.23 bits per heavy atom. The van der Waals surface area contributed by atoms with E-state index in [0.29, 0.717) is 18.0 Å². The number of rotatable bonds is 6. The van der Waals surface area contributed by atoms with E-state index in [0.717, 1.165) is 23.4 Å². The van der Waals surface area contributed by atoms with Crippen molar-refractivity contribution in [1.29, 1.82) is 0 Å². The summed E-state index contributed by atoms with van der Waals surface area (Å²) >= 11 is 0. The van der Waals surface area contributed by atoms with E-state index >= 15 is 0 Å². The minimum atomic E-state index is -0.0819. The van der Waals surface area contributed by atoms with Crippen LogP contribution in [0.25, 0.3) is 0 Å². The number of carbonyl (C=O) groups excluding carboxylic acids is 1. The largest absolute Gasteiger partial charge is 0.354 e. The normalized spacial score (nSPS) is 10.5. The Morgan fingerprint density at radius 3 is 2.73 bits per heavy atom. The van der Waals surface area contributed by atoms with Crippen LogP contribution in [0.5, 0.6) is 0 Å². The van der Waals surface area contributed by atoms with Crippen LogP contribution in [0.1, 0.15) is 36.2 Å². The molecule has 0 bridgehead atoms. The van der Waals surface area contributed by atoms with Crippen molar-refractivity contribution in [1.82, 2.24) is 10.3 Å². The minimum absolute atomic E-state index is 0.0819. The second-order valence-electron chi connectivity index (χ2n) is 5.84. The summed E-state index contributed by atoms with van der Waals surface area (Å²) in [7, 11) is 0. The highest BCUT2D eigenvalue weighted by molar-refractivity contribution is 5.94. The van der Waals surface area contributed by atoms with Crippen molar-refractivity contribution in [2.75, 3.05) is 11.9 Å². The van der Waals surface area contributed by atoms with E-state index in [1.165, 1.54) is 0 Å². The maximum absolute atomic E-state index is 12.1. The van der Waals surface area contributed by atoms with Crippen LogP contribution in [0.3, 0.4) is 0 Å². The summed E-state index contributed by atoms with van der Waals surface area (Å²) in [6.07, 6.45) is 4.28. The number of para-hydroxylation sites is 1. The summed E-state index contributed by atoms with van der Waals surface area (Å²) in [6, 6.07) is 9.84. The Balaban J connectivity index is 2.03. The zero-order chi connectivity index (χ0) is 15.9. The molecule has 0 radical (unpaired) electrons. The third-order valence-corrected chi connectivity index (χ3v) is 3.43. The number of aryl methyl sites for hydroxylation is 1. The maximum atomic E-state index is 12.1. The van der Waals surface area contributed by atoms with E-state index < -0.39 is 0 Å². The average Bonchev–Trinajstić information content (AvgIpc) is 2.49. The monoisotopic (exact) mass is 297 g/mol. The summed E-state index contributed by atoms with van der Waals surface area (Å²) in [5, 5.41) is 6.23. The first-order chi connectivity index (χ1) is 10.6. The van der Waals surface area contributed by atoms with Gasteiger partial charge in [-0.15, -0.1) is 0 Å². The molecule has 2 aromatic rings. The second kappa shape index (κ2) is 7.59. The molecular formula is C18H23N3O. The predicted molar refractivity (Wildman–Crippen MR) is 90.5 cm³/mol. The lowest BCUT2D eigenvalue weighted by Gasteiger charge is -2.11. The highest BCUT2D eigenvalue weighted by atomic mass is 16.1.